The molecule has 0 bridgehead atoms. The summed E-state index contributed by atoms with van der Waals surface area (Å²) >= 11 is 0. The molecule has 2 fully saturated rings. The van der Waals surface area contributed by atoms with Crippen LogP contribution in [0.5, 0.6) is 0 Å². The maximum Gasteiger partial charge on any atom is 0.227 e. The molecule has 0 saturated carbocycles. The number of methoxy groups -OCH3 is 1. The molecule has 0 aliphatic carbocycles. The third kappa shape index (κ3) is 6.56. The van der Waals surface area contributed by atoms with Gasteiger partial charge in [0.05, 0.1) is 5.92 Å². The Morgan fingerprint density at radius 1 is 1.10 bits per heavy atom. The van der Waals surface area contributed by atoms with Gasteiger partial charge in [0.2, 0.25) is 11.8 Å². The molecule has 160 valence electrons. The van der Waals surface area contributed by atoms with Crippen LogP contribution >= 0.6 is 0 Å². The Labute approximate surface area is 175 Å². The molecule has 29 heavy (non-hydrogen) atoms. The molecule has 3 rings (SSSR count). The van der Waals surface area contributed by atoms with E-state index in [-0.39, 0.29) is 17.7 Å². The van der Waals surface area contributed by atoms with Crippen molar-refractivity contribution in [2.45, 2.75) is 51.4 Å². The lowest BCUT2D eigenvalue weighted by Gasteiger charge is -2.38. The smallest absolute Gasteiger partial charge is 0.227 e. The largest absolute Gasteiger partial charge is 0.385 e. The maximum absolute atomic E-state index is 13.0. The highest BCUT2D eigenvalue weighted by molar-refractivity contribution is 5.84. The Bertz CT molecular complexity index is 641. The van der Waals surface area contributed by atoms with Crippen LogP contribution < -0.4 is 0 Å². The van der Waals surface area contributed by atoms with E-state index in [2.05, 4.69) is 29.2 Å². The minimum absolute atomic E-state index is 0.0190. The van der Waals surface area contributed by atoms with Gasteiger partial charge in [0.15, 0.2) is 0 Å². The molecule has 5 heteroatoms. The number of likely N-dealkylation sites (tertiary alicyclic amines) is 2. The summed E-state index contributed by atoms with van der Waals surface area (Å²) in [5.74, 6) is 1.17. The van der Waals surface area contributed by atoms with Crippen LogP contribution in [0.25, 0.3) is 0 Å². The lowest BCUT2D eigenvalue weighted by Crippen LogP contribution is -2.49. The number of hydrogen-bond donors (Lipinski definition) is 0. The maximum atomic E-state index is 13.0. The van der Waals surface area contributed by atoms with Crippen LogP contribution in [0.3, 0.4) is 0 Å². The van der Waals surface area contributed by atoms with Crippen molar-refractivity contribution in [1.82, 2.24) is 9.80 Å². The number of piperidine rings is 2. The monoisotopic (exact) mass is 400 g/mol. The Balaban J connectivity index is 1.42. The highest BCUT2D eigenvalue weighted by Gasteiger charge is 2.33. The number of carbonyl (C=O) groups is 2. The number of carbonyl (C=O) groups excluding carboxylic acids is 2. The average molecular weight is 401 g/mol. The van der Waals surface area contributed by atoms with E-state index in [0.29, 0.717) is 19.4 Å². The third-order valence-electron chi connectivity index (χ3n) is 6.47. The van der Waals surface area contributed by atoms with Crippen molar-refractivity contribution in [2.75, 3.05) is 39.9 Å². The average Bonchev–Trinajstić information content (AvgIpc) is 2.76. The van der Waals surface area contributed by atoms with E-state index in [1.54, 1.807) is 7.11 Å². The SMILES string of the molecule is COCCCC1CCN(C(=O)[C@@H]2CCC(=O)N(CCCc3ccccc3)C2)CC1. The van der Waals surface area contributed by atoms with Crippen LogP contribution in [-0.2, 0) is 20.7 Å². The highest BCUT2D eigenvalue weighted by atomic mass is 16.5. The summed E-state index contributed by atoms with van der Waals surface area (Å²) < 4.78 is 5.15. The number of ether oxygens (including phenoxy) is 1. The Morgan fingerprint density at radius 3 is 2.59 bits per heavy atom. The normalized spacial score (nSPS) is 20.9. The van der Waals surface area contributed by atoms with Gasteiger partial charge in [-0.2, -0.15) is 0 Å². The molecule has 0 radical (unpaired) electrons. The lowest BCUT2D eigenvalue weighted by molar-refractivity contribution is -0.144. The van der Waals surface area contributed by atoms with Crippen LogP contribution in [0.15, 0.2) is 30.3 Å². The van der Waals surface area contributed by atoms with Crippen LogP contribution in [-0.4, -0.2) is 61.5 Å². The van der Waals surface area contributed by atoms with Gasteiger partial charge < -0.3 is 14.5 Å². The molecule has 2 aliphatic rings. The van der Waals surface area contributed by atoms with Gasteiger partial charge in [-0.05, 0) is 56.4 Å². The summed E-state index contributed by atoms with van der Waals surface area (Å²) in [7, 11) is 1.75. The third-order valence-corrected chi connectivity index (χ3v) is 6.47. The number of rotatable bonds is 9. The molecule has 2 aliphatic heterocycles. The van der Waals surface area contributed by atoms with Gasteiger partial charge in [0.1, 0.15) is 0 Å². The predicted octanol–water partition coefficient (Wildman–Crippen LogP) is 3.52. The molecule has 0 unspecified atom stereocenters. The number of hydrogen-bond acceptors (Lipinski definition) is 3. The van der Waals surface area contributed by atoms with E-state index in [0.717, 1.165) is 64.3 Å². The molecular weight excluding hydrogens is 364 g/mol. The summed E-state index contributed by atoms with van der Waals surface area (Å²) in [4.78, 5) is 29.3. The summed E-state index contributed by atoms with van der Waals surface area (Å²) in [5, 5.41) is 0. The van der Waals surface area contributed by atoms with Crippen molar-refractivity contribution in [2.24, 2.45) is 11.8 Å². The molecule has 0 spiro atoms. The van der Waals surface area contributed by atoms with Crippen molar-refractivity contribution >= 4 is 11.8 Å². The molecule has 2 heterocycles. The van der Waals surface area contributed by atoms with Gasteiger partial charge in [0.25, 0.3) is 0 Å². The Hall–Kier alpha value is -1.88. The summed E-state index contributed by atoms with van der Waals surface area (Å²) in [6.45, 7) is 3.92. The summed E-state index contributed by atoms with van der Waals surface area (Å²) in [6, 6.07) is 10.4. The van der Waals surface area contributed by atoms with E-state index >= 15 is 0 Å². The minimum Gasteiger partial charge on any atom is -0.385 e. The Kier molecular flexibility index (Phi) is 8.53. The molecule has 1 aromatic rings. The Morgan fingerprint density at radius 2 is 1.86 bits per heavy atom. The molecular formula is C24H36N2O3. The molecule has 0 N–H and O–H groups in total. The van der Waals surface area contributed by atoms with E-state index in [4.69, 9.17) is 4.74 Å². The van der Waals surface area contributed by atoms with E-state index < -0.39 is 0 Å². The van der Waals surface area contributed by atoms with Crippen molar-refractivity contribution in [1.29, 1.82) is 0 Å². The number of amides is 2. The fourth-order valence-corrected chi connectivity index (χ4v) is 4.67. The summed E-state index contributed by atoms with van der Waals surface area (Å²) in [5.41, 5.74) is 1.30. The fourth-order valence-electron chi connectivity index (χ4n) is 4.67. The second kappa shape index (κ2) is 11.3. The topological polar surface area (TPSA) is 49.9 Å². The first-order chi connectivity index (χ1) is 14.2. The van der Waals surface area contributed by atoms with Gasteiger partial charge in [-0.3, -0.25) is 9.59 Å². The van der Waals surface area contributed by atoms with Gasteiger partial charge >= 0.3 is 0 Å². The zero-order chi connectivity index (χ0) is 20.5. The molecule has 1 atom stereocenters. The zero-order valence-corrected chi connectivity index (χ0v) is 17.9. The van der Waals surface area contributed by atoms with Gasteiger partial charge in [-0.15, -0.1) is 0 Å². The zero-order valence-electron chi connectivity index (χ0n) is 17.9. The van der Waals surface area contributed by atoms with E-state index in [9.17, 15) is 9.59 Å². The van der Waals surface area contributed by atoms with E-state index in [1.807, 2.05) is 11.0 Å². The molecule has 5 nitrogen and oxygen atoms in total. The highest BCUT2D eigenvalue weighted by Crippen LogP contribution is 2.26. The van der Waals surface area contributed by atoms with Crippen LogP contribution in [0.1, 0.15) is 50.5 Å². The van der Waals surface area contributed by atoms with Crippen LogP contribution in [0.4, 0.5) is 0 Å². The van der Waals surface area contributed by atoms with Crippen molar-refractivity contribution in [3.05, 3.63) is 35.9 Å². The summed E-state index contributed by atoms with van der Waals surface area (Å²) in [6.07, 6.45) is 7.64. The van der Waals surface area contributed by atoms with Crippen molar-refractivity contribution in [3.8, 4) is 0 Å². The first kappa shape index (κ1) is 21.8. The molecule has 2 amide bonds. The fraction of sp³-hybridized carbons (Fsp3) is 0.667. The van der Waals surface area contributed by atoms with Crippen LogP contribution in [0, 0.1) is 11.8 Å². The molecule has 1 aromatic carbocycles. The second-order valence-electron chi connectivity index (χ2n) is 8.57. The van der Waals surface area contributed by atoms with Crippen LogP contribution in [0.2, 0.25) is 0 Å². The quantitative estimate of drug-likeness (QED) is 0.596. The molecule has 0 aromatic heterocycles. The first-order valence-electron chi connectivity index (χ1n) is 11.3. The van der Waals surface area contributed by atoms with Crippen molar-refractivity contribution < 1.29 is 14.3 Å². The number of benzene rings is 1. The lowest BCUT2D eigenvalue weighted by atomic mass is 9.90. The standard InChI is InChI=1S/C24H36N2O3/c1-29-18-6-10-21-13-16-25(17-14-21)24(28)22-11-12-23(27)26(19-22)15-5-9-20-7-3-2-4-8-20/h2-4,7-8,21-22H,5-6,9-19H2,1H3/t22-/m1/s1. The van der Waals surface area contributed by atoms with Gasteiger partial charge in [-0.1, -0.05) is 30.3 Å². The number of nitrogens with zero attached hydrogens (tertiary/aromatic N) is 2. The van der Waals surface area contributed by atoms with Crippen molar-refractivity contribution in [3.63, 3.8) is 0 Å². The number of aryl methyl sites for hydroxylation is 1. The first-order valence-corrected chi connectivity index (χ1v) is 11.3. The van der Waals surface area contributed by atoms with Gasteiger partial charge in [0, 0.05) is 46.3 Å². The second-order valence-corrected chi connectivity index (χ2v) is 8.57. The van der Waals surface area contributed by atoms with Gasteiger partial charge in [-0.25, -0.2) is 0 Å². The van der Waals surface area contributed by atoms with E-state index in [1.165, 1.54) is 12.0 Å². The predicted molar refractivity (Wildman–Crippen MR) is 114 cm³/mol. The molecule has 2 saturated heterocycles. The minimum atomic E-state index is -0.0190.